The second-order valence-corrected chi connectivity index (χ2v) is 6.91. The first-order chi connectivity index (χ1) is 12.2. The van der Waals surface area contributed by atoms with E-state index < -0.39 is 0 Å². The molecule has 4 rings (SSSR count). The maximum atomic E-state index is 4.82. The molecule has 2 heterocycles. The summed E-state index contributed by atoms with van der Waals surface area (Å²) in [6, 6.07) is 23.5. The minimum atomic E-state index is 0.454. The minimum absolute atomic E-state index is 0.454. The average molecular weight is 326 g/mol. The summed E-state index contributed by atoms with van der Waals surface area (Å²) < 4.78 is 0. The van der Waals surface area contributed by atoms with Crippen molar-refractivity contribution in [1.82, 2.24) is 9.97 Å². The van der Waals surface area contributed by atoms with Gasteiger partial charge in [0, 0.05) is 22.2 Å². The highest BCUT2D eigenvalue weighted by molar-refractivity contribution is 5.80. The Labute approximate surface area is 148 Å². The molecule has 0 saturated heterocycles. The van der Waals surface area contributed by atoms with Gasteiger partial charge < -0.3 is 0 Å². The first kappa shape index (κ1) is 15.8. The Morgan fingerprint density at radius 3 is 2.36 bits per heavy atom. The molecular formula is C23H22N2. The van der Waals surface area contributed by atoms with Gasteiger partial charge in [0.15, 0.2) is 0 Å². The number of para-hydroxylation sites is 1. The van der Waals surface area contributed by atoms with Gasteiger partial charge in [-0.3, -0.25) is 9.97 Å². The number of benzene rings is 2. The van der Waals surface area contributed by atoms with Crippen molar-refractivity contribution in [2.75, 3.05) is 0 Å². The quantitative estimate of drug-likeness (QED) is 0.481. The van der Waals surface area contributed by atoms with Gasteiger partial charge in [-0.25, -0.2) is 0 Å². The molecule has 0 radical (unpaired) electrons. The largest absolute Gasteiger partial charge is 0.253 e. The zero-order valence-corrected chi connectivity index (χ0v) is 14.7. The fraction of sp³-hybridized carbons (Fsp3) is 0.217. The van der Waals surface area contributed by atoms with Gasteiger partial charge in [-0.15, -0.1) is 0 Å². The maximum Gasteiger partial charge on any atom is 0.0708 e. The van der Waals surface area contributed by atoms with Crippen LogP contribution in [-0.4, -0.2) is 9.97 Å². The molecule has 0 bridgehead atoms. The Hall–Kier alpha value is -2.74. The molecule has 4 aromatic rings. The SMILES string of the molecule is CC(C)c1ccc2ccc(CCc3ccc4ccccc4n3)cc2n1. The molecule has 0 aliphatic carbocycles. The van der Waals surface area contributed by atoms with Crippen LogP contribution in [0, 0.1) is 0 Å². The summed E-state index contributed by atoms with van der Waals surface area (Å²) in [6.07, 6.45) is 1.93. The van der Waals surface area contributed by atoms with E-state index in [0.717, 1.165) is 35.3 Å². The summed E-state index contributed by atoms with van der Waals surface area (Å²) >= 11 is 0. The van der Waals surface area contributed by atoms with Crippen molar-refractivity contribution in [2.45, 2.75) is 32.6 Å². The summed E-state index contributed by atoms with van der Waals surface area (Å²) in [5.41, 5.74) is 5.77. The van der Waals surface area contributed by atoms with Gasteiger partial charge in [0.05, 0.1) is 11.0 Å². The zero-order valence-electron chi connectivity index (χ0n) is 14.7. The highest BCUT2D eigenvalue weighted by Crippen LogP contribution is 2.20. The van der Waals surface area contributed by atoms with Gasteiger partial charge in [-0.1, -0.05) is 56.3 Å². The normalized spacial score (nSPS) is 11.5. The number of hydrogen-bond donors (Lipinski definition) is 0. The van der Waals surface area contributed by atoms with Crippen LogP contribution in [0.15, 0.2) is 66.7 Å². The number of nitrogens with zero attached hydrogens (tertiary/aromatic N) is 2. The van der Waals surface area contributed by atoms with Crippen molar-refractivity contribution in [3.63, 3.8) is 0 Å². The van der Waals surface area contributed by atoms with Crippen molar-refractivity contribution in [2.24, 2.45) is 0 Å². The third kappa shape index (κ3) is 3.39. The zero-order chi connectivity index (χ0) is 17.2. The Balaban J connectivity index is 1.56. The van der Waals surface area contributed by atoms with Crippen LogP contribution in [0.3, 0.4) is 0 Å². The van der Waals surface area contributed by atoms with Crippen molar-refractivity contribution in [3.05, 3.63) is 83.7 Å². The average Bonchev–Trinajstić information content (AvgIpc) is 2.65. The lowest BCUT2D eigenvalue weighted by Crippen LogP contribution is -1.96. The summed E-state index contributed by atoms with van der Waals surface area (Å²) in [4.78, 5) is 9.59. The van der Waals surface area contributed by atoms with Gasteiger partial charge in [0.2, 0.25) is 0 Å². The number of fused-ring (bicyclic) bond motifs is 2. The molecule has 124 valence electrons. The fourth-order valence-electron chi connectivity index (χ4n) is 3.18. The van der Waals surface area contributed by atoms with Crippen molar-refractivity contribution < 1.29 is 0 Å². The monoisotopic (exact) mass is 326 g/mol. The van der Waals surface area contributed by atoms with Crippen molar-refractivity contribution in [1.29, 1.82) is 0 Å². The van der Waals surface area contributed by atoms with E-state index in [4.69, 9.17) is 9.97 Å². The lowest BCUT2D eigenvalue weighted by Gasteiger charge is -2.08. The van der Waals surface area contributed by atoms with Crippen molar-refractivity contribution in [3.8, 4) is 0 Å². The van der Waals surface area contributed by atoms with Crippen LogP contribution in [0.1, 0.15) is 36.7 Å². The molecule has 2 nitrogen and oxygen atoms in total. The molecule has 0 aliphatic heterocycles. The predicted molar refractivity (Wildman–Crippen MR) is 105 cm³/mol. The van der Waals surface area contributed by atoms with E-state index in [2.05, 4.69) is 74.5 Å². The Bertz CT molecular complexity index is 1030. The highest BCUT2D eigenvalue weighted by atomic mass is 14.7. The van der Waals surface area contributed by atoms with Gasteiger partial charge in [0.1, 0.15) is 0 Å². The predicted octanol–water partition coefficient (Wildman–Crippen LogP) is 5.69. The molecule has 2 heteroatoms. The standard InChI is InChI=1S/C23H22N2/c1-16(2)21-14-11-19-9-7-17(15-23(19)25-21)8-12-20-13-10-18-5-3-4-6-22(18)24-20/h3-7,9-11,13-16H,8,12H2,1-2H3. The van der Waals surface area contributed by atoms with E-state index in [1.807, 2.05) is 6.07 Å². The molecule has 0 atom stereocenters. The molecule has 0 fully saturated rings. The van der Waals surface area contributed by atoms with Gasteiger partial charge >= 0.3 is 0 Å². The summed E-state index contributed by atoms with van der Waals surface area (Å²) in [7, 11) is 0. The van der Waals surface area contributed by atoms with Crippen molar-refractivity contribution >= 4 is 21.8 Å². The number of rotatable bonds is 4. The van der Waals surface area contributed by atoms with Crippen LogP contribution in [0.2, 0.25) is 0 Å². The molecule has 0 N–H and O–H groups in total. The molecule has 0 spiro atoms. The van der Waals surface area contributed by atoms with E-state index in [1.165, 1.54) is 16.3 Å². The Morgan fingerprint density at radius 1 is 0.720 bits per heavy atom. The van der Waals surface area contributed by atoms with Crippen LogP contribution < -0.4 is 0 Å². The van der Waals surface area contributed by atoms with Gasteiger partial charge in [-0.2, -0.15) is 0 Å². The lowest BCUT2D eigenvalue weighted by molar-refractivity contribution is 0.829. The number of hydrogen-bond acceptors (Lipinski definition) is 2. The Morgan fingerprint density at radius 2 is 1.48 bits per heavy atom. The van der Waals surface area contributed by atoms with E-state index in [1.54, 1.807) is 0 Å². The Kier molecular flexibility index (Phi) is 4.19. The molecule has 0 unspecified atom stereocenters. The van der Waals surface area contributed by atoms with Crippen LogP contribution >= 0.6 is 0 Å². The third-order valence-electron chi connectivity index (χ3n) is 4.70. The number of aryl methyl sites for hydroxylation is 2. The molecule has 0 saturated carbocycles. The van der Waals surface area contributed by atoms with Gasteiger partial charge in [0.25, 0.3) is 0 Å². The highest BCUT2D eigenvalue weighted by Gasteiger charge is 2.05. The fourth-order valence-corrected chi connectivity index (χ4v) is 3.18. The van der Waals surface area contributed by atoms with Crippen LogP contribution in [0.25, 0.3) is 21.8 Å². The summed E-state index contributed by atoms with van der Waals surface area (Å²) in [5, 5.41) is 2.40. The van der Waals surface area contributed by atoms with E-state index in [9.17, 15) is 0 Å². The first-order valence-electron chi connectivity index (χ1n) is 8.93. The van der Waals surface area contributed by atoms with E-state index in [-0.39, 0.29) is 0 Å². The van der Waals surface area contributed by atoms with Crippen LogP contribution in [0.4, 0.5) is 0 Å². The molecular weight excluding hydrogens is 304 g/mol. The first-order valence-corrected chi connectivity index (χ1v) is 8.93. The smallest absolute Gasteiger partial charge is 0.0708 e. The second-order valence-electron chi connectivity index (χ2n) is 6.91. The van der Waals surface area contributed by atoms with Crippen LogP contribution in [0.5, 0.6) is 0 Å². The number of aromatic nitrogens is 2. The van der Waals surface area contributed by atoms with Gasteiger partial charge in [-0.05, 0) is 48.6 Å². The summed E-state index contributed by atoms with van der Waals surface area (Å²) in [5.74, 6) is 0.454. The molecule has 0 amide bonds. The minimum Gasteiger partial charge on any atom is -0.253 e. The molecule has 0 aliphatic rings. The molecule has 2 aromatic carbocycles. The van der Waals surface area contributed by atoms with E-state index in [0.29, 0.717) is 5.92 Å². The second kappa shape index (κ2) is 6.64. The third-order valence-corrected chi connectivity index (χ3v) is 4.70. The molecule has 25 heavy (non-hydrogen) atoms. The molecule has 2 aromatic heterocycles. The van der Waals surface area contributed by atoms with Crippen LogP contribution in [-0.2, 0) is 12.8 Å². The topological polar surface area (TPSA) is 25.8 Å². The van der Waals surface area contributed by atoms with E-state index >= 15 is 0 Å². The number of pyridine rings is 2. The maximum absolute atomic E-state index is 4.82. The summed E-state index contributed by atoms with van der Waals surface area (Å²) in [6.45, 7) is 4.37. The lowest BCUT2D eigenvalue weighted by atomic mass is 10.0.